The van der Waals surface area contributed by atoms with Gasteiger partial charge in [-0.3, -0.25) is 4.79 Å². The summed E-state index contributed by atoms with van der Waals surface area (Å²) in [6, 6.07) is 0.212. The van der Waals surface area contributed by atoms with Crippen molar-refractivity contribution in [1.82, 2.24) is 5.32 Å². The van der Waals surface area contributed by atoms with E-state index in [0.29, 0.717) is 0 Å². The molecule has 1 rings (SSSR count). The highest BCUT2D eigenvalue weighted by atomic mass is 16.2. The zero-order valence-electron chi connectivity index (χ0n) is 8.50. The van der Waals surface area contributed by atoms with E-state index in [9.17, 15) is 4.79 Å². The van der Waals surface area contributed by atoms with E-state index in [0.717, 1.165) is 6.42 Å². The first kappa shape index (κ1) is 10.0. The van der Waals surface area contributed by atoms with Gasteiger partial charge in [0.15, 0.2) is 0 Å². The first-order valence-electron chi connectivity index (χ1n) is 4.70. The molecule has 1 aliphatic carbocycles. The summed E-state index contributed by atoms with van der Waals surface area (Å²) in [5.74, 6) is 0.114. The highest BCUT2D eigenvalue weighted by Crippen LogP contribution is 2.27. The van der Waals surface area contributed by atoms with Crippen LogP contribution in [0.25, 0.3) is 0 Å². The molecule has 0 radical (unpaired) electrons. The molecule has 2 heteroatoms. The number of nitrogens with one attached hydrogen (secondary N) is 1. The number of hydrogen-bond donors (Lipinski definition) is 1. The standard InChI is InChI=1S/C11H17NO/c1-9(2)12-10(13)11(3)7-5-4-6-8-11/h4-7,9H,8H2,1-3H3,(H,12,13). The third-order valence-electron chi connectivity index (χ3n) is 2.19. The van der Waals surface area contributed by atoms with Gasteiger partial charge in [-0.15, -0.1) is 0 Å². The van der Waals surface area contributed by atoms with E-state index in [-0.39, 0.29) is 17.4 Å². The van der Waals surface area contributed by atoms with Crippen molar-refractivity contribution in [3.8, 4) is 0 Å². The maximum atomic E-state index is 11.7. The number of amides is 1. The number of carbonyl (C=O) groups excluding carboxylic acids is 1. The second kappa shape index (κ2) is 3.77. The molecular weight excluding hydrogens is 162 g/mol. The molecule has 13 heavy (non-hydrogen) atoms. The third kappa shape index (κ3) is 2.44. The Labute approximate surface area is 79.7 Å². The van der Waals surface area contributed by atoms with Crippen molar-refractivity contribution in [2.24, 2.45) is 5.41 Å². The Morgan fingerprint density at radius 3 is 2.62 bits per heavy atom. The minimum absolute atomic E-state index is 0.114. The number of carbonyl (C=O) groups is 1. The van der Waals surface area contributed by atoms with E-state index in [1.807, 2.05) is 45.1 Å². The number of allylic oxidation sites excluding steroid dienone is 3. The predicted octanol–water partition coefficient (Wildman–Crippen LogP) is 2.03. The summed E-state index contributed by atoms with van der Waals surface area (Å²) in [4.78, 5) is 11.7. The molecule has 0 aliphatic heterocycles. The summed E-state index contributed by atoms with van der Waals surface area (Å²) in [5, 5.41) is 2.93. The Morgan fingerprint density at radius 2 is 2.15 bits per heavy atom. The van der Waals surface area contributed by atoms with E-state index in [1.165, 1.54) is 0 Å². The van der Waals surface area contributed by atoms with Gasteiger partial charge in [-0.1, -0.05) is 24.3 Å². The van der Waals surface area contributed by atoms with Gasteiger partial charge in [-0.2, -0.15) is 0 Å². The molecule has 0 aromatic carbocycles. The minimum atomic E-state index is -0.348. The fourth-order valence-corrected chi connectivity index (χ4v) is 1.32. The summed E-state index contributed by atoms with van der Waals surface area (Å²) >= 11 is 0. The summed E-state index contributed by atoms with van der Waals surface area (Å²) in [5.41, 5.74) is -0.348. The van der Waals surface area contributed by atoms with Crippen molar-refractivity contribution in [3.05, 3.63) is 24.3 Å². The lowest BCUT2D eigenvalue weighted by atomic mass is 9.83. The van der Waals surface area contributed by atoms with Crippen LogP contribution in [0.5, 0.6) is 0 Å². The molecule has 0 spiro atoms. The molecule has 1 aliphatic rings. The molecule has 72 valence electrons. The van der Waals surface area contributed by atoms with Gasteiger partial charge in [-0.25, -0.2) is 0 Å². The highest BCUT2D eigenvalue weighted by Gasteiger charge is 2.30. The molecule has 0 bridgehead atoms. The van der Waals surface area contributed by atoms with Gasteiger partial charge in [0.2, 0.25) is 5.91 Å². The average Bonchev–Trinajstić information content (AvgIpc) is 2.04. The van der Waals surface area contributed by atoms with Crippen molar-refractivity contribution in [1.29, 1.82) is 0 Å². The molecule has 1 N–H and O–H groups in total. The Morgan fingerprint density at radius 1 is 1.46 bits per heavy atom. The first-order chi connectivity index (χ1) is 6.04. The van der Waals surface area contributed by atoms with Crippen LogP contribution < -0.4 is 5.32 Å². The molecule has 0 aromatic heterocycles. The summed E-state index contributed by atoms with van der Waals surface area (Å²) in [6.45, 7) is 5.91. The summed E-state index contributed by atoms with van der Waals surface area (Å²) < 4.78 is 0. The number of rotatable bonds is 2. The molecule has 1 unspecified atom stereocenters. The largest absolute Gasteiger partial charge is 0.353 e. The van der Waals surface area contributed by atoms with Crippen LogP contribution in [0.3, 0.4) is 0 Å². The Hall–Kier alpha value is -1.05. The summed E-state index contributed by atoms with van der Waals surface area (Å²) in [6.07, 6.45) is 8.69. The zero-order chi connectivity index (χ0) is 9.90. The smallest absolute Gasteiger partial charge is 0.230 e. The SMILES string of the molecule is CC(C)NC(=O)C1(C)C=CC=CC1. The van der Waals surface area contributed by atoms with Crippen molar-refractivity contribution >= 4 is 5.91 Å². The van der Waals surface area contributed by atoms with Gasteiger partial charge < -0.3 is 5.32 Å². The van der Waals surface area contributed by atoms with Gasteiger partial charge in [0.25, 0.3) is 0 Å². The van der Waals surface area contributed by atoms with Gasteiger partial charge in [-0.05, 0) is 27.2 Å². The third-order valence-corrected chi connectivity index (χ3v) is 2.19. The van der Waals surface area contributed by atoms with Crippen LogP contribution in [0.1, 0.15) is 27.2 Å². The van der Waals surface area contributed by atoms with Crippen LogP contribution in [0, 0.1) is 5.41 Å². The summed E-state index contributed by atoms with van der Waals surface area (Å²) in [7, 11) is 0. The lowest BCUT2D eigenvalue weighted by molar-refractivity contribution is -0.128. The van der Waals surface area contributed by atoms with Crippen LogP contribution in [-0.2, 0) is 4.79 Å². The van der Waals surface area contributed by atoms with Crippen molar-refractivity contribution < 1.29 is 4.79 Å². The highest BCUT2D eigenvalue weighted by molar-refractivity contribution is 5.84. The van der Waals surface area contributed by atoms with Gasteiger partial charge in [0.05, 0.1) is 5.41 Å². The van der Waals surface area contributed by atoms with E-state index in [2.05, 4.69) is 5.32 Å². The normalized spacial score (nSPS) is 26.5. The molecule has 0 fully saturated rings. The minimum Gasteiger partial charge on any atom is -0.353 e. The molecule has 1 atom stereocenters. The van der Waals surface area contributed by atoms with Crippen LogP contribution in [0.2, 0.25) is 0 Å². The lowest BCUT2D eigenvalue weighted by Crippen LogP contribution is -2.41. The van der Waals surface area contributed by atoms with Crippen LogP contribution in [-0.4, -0.2) is 11.9 Å². The van der Waals surface area contributed by atoms with Crippen LogP contribution in [0.4, 0.5) is 0 Å². The Kier molecular flexibility index (Phi) is 2.91. The maximum Gasteiger partial charge on any atom is 0.230 e. The average molecular weight is 179 g/mol. The van der Waals surface area contributed by atoms with Gasteiger partial charge in [0.1, 0.15) is 0 Å². The Bertz CT molecular complexity index is 253. The molecule has 2 nitrogen and oxygen atoms in total. The fraction of sp³-hybridized carbons (Fsp3) is 0.545. The van der Waals surface area contributed by atoms with Gasteiger partial charge in [0, 0.05) is 6.04 Å². The second-order valence-electron chi connectivity index (χ2n) is 4.04. The van der Waals surface area contributed by atoms with E-state index in [4.69, 9.17) is 0 Å². The van der Waals surface area contributed by atoms with E-state index >= 15 is 0 Å². The first-order valence-corrected chi connectivity index (χ1v) is 4.70. The van der Waals surface area contributed by atoms with E-state index < -0.39 is 0 Å². The van der Waals surface area contributed by atoms with Crippen molar-refractivity contribution in [2.75, 3.05) is 0 Å². The molecular formula is C11H17NO. The molecule has 0 heterocycles. The molecule has 1 amide bonds. The van der Waals surface area contributed by atoms with Gasteiger partial charge >= 0.3 is 0 Å². The fourth-order valence-electron chi connectivity index (χ4n) is 1.32. The predicted molar refractivity (Wildman–Crippen MR) is 54.3 cm³/mol. The molecule has 0 saturated heterocycles. The quantitative estimate of drug-likeness (QED) is 0.690. The molecule has 0 saturated carbocycles. The van der Waals surface area contributed by atoms with Crippen LogP contribution in [0.15, 0.2) is 24.3 Å². The topological polar surface area (TPSA) is 29.1 Å². The maximum absolute atomic E-state index is 11.7. The van der Waals surface area contributed by atoms with E-state index in [1.54, 1.807) is 0 Å². The second-order valence-corrected chi connectivity index (χ2v) is 4.04. The zero-order valence-corrected chi connectivity index (χ0v) is 8.50. The Balaban J connectivity index is 2.64. The number of hydrogen-bond acceptors (Lipinski definition) is 1. The van der Waals surface area contributed by atoms with Crippen molar-refractivity contribution in [2.45, 2.75) is 33.2 Å². The van der Waals surface area contributed by atoms with Crippen molar-refractivity contribution in [3.63, 3.8) is 0 Å². The van der Waals surface area contributed by atoms with Crippen LogP contribution >= 0.6 is 0 Å². The monoisotopic (exact) mass is 179 g/mol. The molecule has 0 aromatic rings. The lowest BCUT2D eigenvalue weighted by Gasteiger charge is -2.26.